The van der Waals surface area contributed by atoms with Gasteiger partial charge in [-0.05, 0) is 195 Å². The van der Waals surface area contributed by atoms with Crippen LogP contribution in [0.2, 0.25) is 30.1 Å². The number of thiophene rings is 3. The molecule has 5 aliphatic heterocycles. The van der Waals surface area contributed by atoms with Gasteiger partial charge in [0.2, 0.25) is 0 Å². The maximum Gasteiger partial charge on any atom is 0.286 e. The summed E-state index contributed by atoms with van der Waals surface area (Å²) < 4.78 is 23.0. The Labute approximate surface area is 635 Å². The summed E-state index contributed by atoms with van der Waals surface area (Å²) in [6.07, 6.45) is 19.4. The topological polar surface area (TPSA) is 175 Å². The smallest absolute Gasteiger partial charge is 0.286 e. The Hall–Kier alpha value is -6.44. The van der Waals surface area contributed by atoms with E-state index in [4.69, 9.17) is 99.1 Å². The molecule has 17 nitrogen and oxygen atoms in total. The highest BCUT2D eigenvalue weighted by atomic mass is 35.5. The molecule has 5 atom stereocenters. The van der Waals surface area contributed by atoms with Gasteiger partial charge in [-0.3, -0.25) is 25.2 Å². The number of hydrogen-bond donors (Lipinski definition) is 3. The summed E-state index contributed by atoms with van der Waals surface area (Å²) in [6.45, 7) is 10.4. The maximum absolute atomic E-state index is 13.5. The van der Waals surface area contributed by atoms with Gasteiger partial charge in [0, 0.05) is 89.4 Å². The zero-order valence-electron chi connectivity index (χ0n) is 56.5. The summed E-state index contributed by atoms with van der Waals surface area (Å²) >= 11 is 43.1. The van der Waals surface area contributed by atoms with Gasteiger partial charge in [-0.2, -0.15) is 26.6 Å². The van der Waals surface area contributed by atoms with Crippen LogP contribution >= 0.6 is 104 Å². The maximum atomic E-state index is 13.5. The van der Waals surface area contributed by atoms with Crippen LogP contribution in [0.1, 0.15) is 172 Å². The van der Waals surface area contributed by atoms with Crippen molar-refractivity contribution in [3.8, 4) is 17.1 Å². The first-order valence-corrected chi connectivity index (χ1v) is 39.6. The summed E-state index contributed by atoms with van der Waals surface area (Å²) in [7, 11) is 0. The normalized spacial score (nSPS) is 21.3. The van der Waals surface area contributed by atoms with E-state index in [1.165, 1.54) is 44.9 Å². The summed E-state index contributed by atoms with van der Waals surface area (Å²) in [5.74, 6) is 1.26. The molecule has 2 aliphatic carbocycles. The number of aromatic nitrogens is 6. The Balaban J connectivity index is 0.000000130. The third kappa shape index (κ3) is 16.0. The Bertz CT molecular complexity index is 4450. The van der Waals surface area contributed by atoms with Gasteiger partial charge >= 0.3 is 0 Å². The van der Waals surface area contributed by atoms with E-state index in [0.717, 1.165) is 105 Å². The lowest BCUT2D eigenvalue weighted by Crippen LogP contribution is -2.54. The zero-order chi connectivity index (χ0) is 70.7. The molecule has 2 saturated heterocycles. The van der Waals surface area contributed by atoms with E-state index in [-0.39, 0.29) is 35.8 Å². The second-order valence-electron chi connectivity index (χ2n) is 27.1. The molecule has 532 valence electrons. The van der Waals surface area contributed by atoms with Crippen molar-refractivity contribution < 1.29 is 28.6 Å². The van der Waals surface area contributed by atoms with Crippen molar-refractivity contribution >= 4 is 156 Å². The van der Waals surface area contributed by atoms with E-state index in [2.05, 4.69) is 88.8 Å². The van der Waals surface area contributed by atoms with Gasteiger partial charge in [0.05, 0.1) is 88.9 Å². The standard InChI is InChI=1S/C26H27Cl2N3O2S.C25H24Cl2N4O2S.C25H26Cl2N4O2S/c1-16(18-5-3-2-4-6-18)29-26(32)24-21-14-33-13-19(11-17-9-10-34-15-17)25(21)31(30-24)23-8-7-20(27)12-22(23)28;26-18-6-7-22(21(27)10-18)31-24-17(9-19-5-2-8-34-19)13-33-14-20(24)23(28-31)25(32)29-30-11-15-3-1-4-16(15)12-30;1-15-5-3-6-16(2)30(15)29-25(32)23-20-14-33-13-17(11-19-7-4-10-34-19)24(20)31(28-23)22-9-8-18(26)12-21(22)27/h7-12,15-16,18H,2-6,13-14H2,1H3,(H,29,32);2,5-10,15-16H,1,3-4,11-14H2,(H,29,32);4,7-12,15-16H,3,5-6,13-14H2,1-2H3,(H,29,32)/b19-11+;17-9+;17-11+/t16-;;/m1../s1. The summed E-state index contributed by atoms with van der Waals surface area (Å²) in [5.41, 5.74) is 18.2. The minimum atomic E-state index is -0.235. The average Bonchev–Trinajstić information content (AvgIpc) is 1.61. The number of carbonyl (C=O) groups is 3. The van der Waals surface area contributed by atoms with Crippen LogP contribution in [0.3, 0.4) is 0 Å². The highest BCUT2D eigenvalue weighted by Crippen LogP contribution is 2.41. The molecule has 26 heteroatoms. The molecule has 2 saturated carbocycles. The lowest BCUT2D eigenvalue weighted by molar-refractivity contribution is 0.0363. The zero-order valence-corrected chi connectivity index (χ0v) is 63.5. The molecule has 16 rings (SSSR count). The Morgan fingerprint density at radius 3 is 1.38 bits per heavy atom. The number of fused-ring (bicyclic) bond motifs is 4. The quantitative estimate of drug-likeness (QED) is 0.100. The fourth-order valence-corrected chi connectivity index (χ4v) is 18.6. The molecule has 3 aromatic carbocycles. The second-order valence-corrected chi connectivity index (χ2v) is 32.3. The van der Waals surface area contributed by atoms with E-state index in [1.807, 2.05) is 46.5 Å². The molecule has 0 bridgehead atoms. The van der Waals surface area contributed by atoms with Crippen LogP contribution in [0.25, 0.3) is 52.0 Å². The Morgan fingerprint density at radius 1 is 0.510 bits per heavy atom. The molecular formula is C76H77Cl6N11O6S3. The number of amides is 3. The second kappa shape index (κ2) is 32.5. The van der Waals surface area contributed by atoms with Crippen molar-refractivity contribution in [3.05, 3.63) is 203 Å². The van der Waals surface area contributed by atoms with Crippen LogP contribution < -0.4 is 16.2 Å². The Morgan fingerprint density at radius 2 is 0.951 bits per heavy atom. The number of halogens is 6. The first-order valence-electron chi connectivity index (χ1n) is 34.6. The number of nitrogens with zero attached hydrogens (tertiary/aromatic N) is 8. The third-order valence-electron chi connectivity index (χ3n) is 20.2. The predicted molar refractivity (Wildman–Crippen MR) is 412 cm³/mol. The predicted octanol–water partition coefficient (Wildman–Crippen LogP) is 18.9. The van der Waals surface area contributed by atoms with Crippen molar-refractivity contribution in [1.29, 1.82) is 0 Å². The van der Waals surface area contributed by atoms with Crippen molar-refractivity contribution in [2.45, 2.75) is 129 Å². The minimum absolute atomic E-state index is 0.0954. The lowest BCUT2D eigenvalue weighted by Gasteiger charge is -2.38. The van der Waals surface area contributed by atoms with Crippen LogP contribution in [0.4, 0.5) is 0 Å². The number of hydrazine groups is 2. The number of piperidine rings is 1. The van der Waals surface area contributed by atoms with Crippen LogP contribution in [0.15, 0.2) is 106 Å². The summed E-state index contributed by atoms with van der Waals surface area (Å²) in [6, 6.07) is 26.7. The van der Waals surface area contributed by atoms with E-state index >= 15 is 0 Å². The van der Waals surface area contributed by atoms with Crippen LogP contribution in [-0.4, -0.2) is 108 Å². The molecule has 3 N–H and O–H groups in total. The molecule has 6 aromatic heterocycles. The van der Waals surface area contributed by atoms with Crippen molar-refractivity contribution in [2.75, 3.05) is 32.9 Å². The molecule has 102 heavy (non-hydrogen) atoms. The fourth-order valence-electron chi connectivity index (χ4n) is 15.1. The number of nitrogens with one attached hydrogen (secondary N) is 3. The van der Waals surface area contributed by atoms with Gasteiger partial charge in [-0.15, -0.1) is 22.7 Å². The van der Waals surface area contributed by atoms with E-state index < -0.39 is 0 Å². The van der Waals surface area contributed by atoms with Gasteiger partial charge in [-0.25, -0.2) is 24.1 Å². The van der Waals surface area contributed by atoms with Gasteiger partial charge in [0.1, 0.15) is 0 Å². The SMILES string of the molecule is CC1CCCC(C)N1NC(=O)c1nn(-c2ccc(Cl)cc2Cl)c2c1COC/C2=C\c1cccs1.C[C@@H](NC(=O)c1nn(-c2ccc(Cl)cc2Cl)c2c1COC/C2=C\c1ccsc1)C1CCCCC1.O=C(NN1CC2CCCC2C1)c1nn(-c2ccc(Cl)cc2Cl)c2c1COC/C2=C\c1cccs1. The van der Waals surface area contributed by atoms with Crippen molar-refractivity contribution in [2.24, 2.45) is 17.8 Å². The van der Waals surface area contributed by atoms with Crippen LogP contribution in [-0.2, 0) is 34.0 Å². The molecule has 11 heterocycles. The number of rotatable bonds is 13. The minimum Gasteiger partial charge on any atom is -0.372 e. The van der Waals surface area contributed by atoms with Gasteiger partial charge in [0.15, 0.2) is 17.1 Å². The summed E-state index contributed by atoms with van der Waals surface area (Å²) in [4.78, 5) is 42.6. The highest BCUT2D eigenvalue weighted by molar-refractivity contribution is 7.11. The van der Waals surface area contributed by atoms with Gasteiger partial charge in [-0.1, -0.05) is 114 Å². The lowest BCUT2D eigenvalue weighted by atomic mass is 9.84. The monoisotopic (exact) mass is 1550 g/mol. The number of hydrogen-bond acceptors (Lipinski definition) is 14. The summed E-state index contributed by atoms with van der Waals surface area (Å²) in [5, 5.41) is 32.9. The molecule has 9 aromatic rings. The first kappa shape index (κ1) is 72.5. The van der Waals surface area contributed by atoms with E-state index in [9.17, 15) is 14.4 Å². The molecule has 7 aliphatic rings. The highest BCUT2D eigenvalue weighted by Gasteiger charge is 2.39. The van der Waals surface area contributed by atoms with Crippen molar-refractivity contribution in [1.82, 2.24) is 55.5 Å². The largest absolute Gasteiger partial charge is 0.372 e. The molecule has 0 radical (unpaired) electrons. The van der Waals surface area contributed by atoms with Crippen LogP contribution in [0.5, 0.6) is 0 Å². The number of benzene rings is 3. The van der Waals surface area contributed by atoms with Crippen LogP contribution in [0, 0.1) is 17.8 Å². The number of carbonyl (C=O) groups excluding carboxylic acids is 3. The van der Waals surface area contributed by atoms with E-state index in [1.54, 1.807) is 84.5 Å². The van der Waals surface area contributed by atoms with Gasteiger partial charge < -0.3 is 19.5 Å². The van der Waals surface area contributed by atoms with E-state index in [0.29, 0.717) is 122 Å². The van der Waals surface area contributed by atoms with Crippen molar-refractivity contribution in [3.63, 3.8) is 0 Å². The third-order valence-corrected chi connectivity index (χ3v) is 24.1. The molecule has 4 fully saturated rings. The Kier molecular flexibility index (Phi) is 23.1. The molecule has 0 spiro atoms. The van der Waals surface area contributed by atoms with Gasteiger partial charge in [0.25, 0.3) is 17.7 Å². The first-order chi connectivity index (χ1) is 49.5. The fraction of sp³-hybridized carbons (Fsp3) is 0.368. The molecular weight excluding hydrogens is 1470 g/mol. The average molecular weight is 1550 g/mol. The molecule has 4 unspecified atom stereocenters. The number of ether oxygens (including phenoxy) is 3. The molecule has 3 amide bonds.